The maximum Gasteiger partial charge on any atom is 0.223 e. The first-order chi connectivity index (χ1) is 14.7. The van der Waals surface area contributed by atoms with Gasteiger partial charge in [0.05, 0.1) is 13.2 Å². The molecule has 1 N–H and O–H groups in total. The van der Waals surface area contributed by atoms with Gasteiger partial charge in [0, 0.05) is 19.6 Å². The summed E-state index contributed by atoms with van der Waals surface area (Å²) in [4.78, 5) is 12.5. The summed E-state index contributed by atoms with van der Waals surface area (Å²) in [6, 6.07) is 13.8. The second-order valence-electron chi connectivity index (χ2n) is 7.26. The van der Waals surface area contributed by atoms with E-state index in [1.54, 1.807) is 7.11 Å². The molecule has 1 saturated carbocycles. The number of hydrogen-bond acceptors (Lipinski definition) is 5. The second-order valence-corrected chi connectivity index (χ2v) is 7.26. The molecule has 0 spiro atoms. The standard InChI is InChI=1S/C24H31NO5/c1-4-28-22-11-6-17(14-23(22)29-5-2)12-13-25-24(26)21-15-20(21)18-7-9-19(10-8-18)30-16-27-3/h6-11,14,20-21H,4-5,12-13,15-16H2,1-3H3,(H,25,26). The van der Waals surface area contributed by atoms with Crippen molar-refractivity contribution in [2.75, 3.05) is 33.7 Å². The van der Waals surface area contributed by atoms with Crippen LogP contribution in [-0.2, 0) is 16.0 Å². The molecule has 6 nitrogen and oxygen atoms in total. The molecule has 0 aliphatic heterocycles. The van der Waals surface area contributed by atoms with Crippen LogP contribution in [0.15, 0.2) is 42.5 Å². The van der Waals surface area contributed by atoms with Gasteiger partial charge in [-0.05, 0) is 68.0 Å². The van der Waals surface area contributed by atoms with Crippen molar-refractivity contribution in [1.29, 1.82) is 0 Å². The van der Waals surface area contributed by atoms with Gasteiger partial charge >= 0.3 is 0 Å². The summed E-state index contributed by atoms with van der Waals surface area (Å²) in [5, 5.41) is 3.07. The van der Waals surface area contributed by atoms with Gasteiger partial charge in [0.2, 0.25) is 5.91 Å². The SMILES string of the molecule is CCOc1ccc(CCNC(=O)C2CC2c2ccc(OCOC)cc2)cc1OCC. The molecule has 1 fully saturated rings. The highest BCUT2D eigenvalue weighted by atomic mass is 16.7. The molecule has 2 aromatic rings. The fourth-order valence-corrected chi connectivity index (χ4v) is 3.50. The molecule has 2 atom stereocenters. The van der Waals surface area contributed by atoms with Crippen molar-refractivity contribution < 1.29 is 23.7 Å². The van der Waals surface area contributed by atoms with Gasteiger partial charge in [-0.3, -0.25) is 4.79 Å². The highest BCUT2D eigenvalue weighted by molar-refractivity contribution is 5.82. The molecular formula is C24H31NO5. The Bertz CT molecular complexity index is 821. The van der Waals surface area contributed by atoms with Gasteiger partial charge in [-0.15, -0.1) is 0 Å². The van der Waals surface area contributed by atoms with E-state index in [1.165, 1.54) is 5.56 Å². The molecule has 1 aliphatic rings. The number of carbonyl (C=O) groups is 1. The smallest absolute Gasteiger partial charge is 0.223 e. The van der Waals surface area contributed by atoms with Gasteiger partial charge in [0.25, 0.3) is 0 Å². The summed E-state index contributed by atoms with van der Waals surface area (Å²) in [6.45, 7) is 5.92. The maximum absolute atomic E-state index is 12.5. The summed E-state index contributed by atoms with van der Waals surface area (Å²) >= 11 is 0. The Balaban J connectivity index is 1.46. The Hall–Kier alpha value is -2.73. The van der Waals surface area contributed by atoms with E-state index in [-0.39, 0.29) is 24.5 Å². The monoisotopic (exact) mass is 413 g/mol. The van der Waals surface area contributed by atoms with Crippen LogP contribution in [0, 0.1) is 5.92 Å². The number of methoxy groups -OCH3 is 1. The first kappa shape index (κ1) is 22.0. The van der Waals surface area contributed by atoms with E-state index in [1.807, 2.05) is 56.3 Å². The molecule has 0 radical (unpaired) electrons. The predicted molar refractivity (Wildman–Crippen MR) is 115 cm³/mol. The van der Waals surface area contributed by atoms with Crippen molar-refractivity contribution in [1.82, 2.24) is 5.32 Å². The largest absolute Gasteiger partial charge is 0.490 e. The quantitative estimate of drug-likeness (QED) is 0.534. The Labute approximate surface area is 178 Å². The van der Waals surface area contributed by atoms with Crippen LogP contribution in [0.3, 0.4) is 0 Å². The summed E-state index contributed by atoms with van der Waals surface area (Å²) in [7, 11) is 1.59. The van der Waals surface area contributed by atoms with Gasteiger partial charge in [0.15, 0.2) is 18.3 Å². The molecule has 162 valence electrons. The molecular weight excluding hydrogens is 382 g/mol. The molecule has 0 aromatic heterocycles. The van der Waals surface area contributed by atoms with E-state index in [4.69, 9.17) is 18.9 Å². The average molecular weight is 414 g/mol. The third-order valence-corrected chi connectivity index (χ3v) is 5.10. The molecule has 0 bridgehead atoms. The lowest BCUT2D eigenvalue weighted by Gasteiger charge is -2.12. The van der Waals surface area contributed by atoms with Crippen molar-refractivity contribution in [3.63, 3.8) is 0 Å². The van der Waals surface area contributed by atoms with Crippen LogP contribution in [0.4, 0.5) is 0 Å². The van der Waals surface area contributed by atoms with Gasteiger partial charge in [-0.25, -0.2) is 0 Å². The van der Waals surface area contributed by atoms with Crippen molar-refractivity contribution in [3.8, 4) is 17.2 Å². The molecule has 0 saturated heterocycles. The van der Waals surface area contributed by atoms with E-state index in [0.717, 1.165) is 35.7 Å². The fourth-order valence-electron chi connectivity index (χ4n) is 3.50. The van der Waals surface area contributed by atoms with E-state index in [2.05, 4.69) is 5.32 Å². The van der Waals surface area contributed by atoms with Crippen LogP contribution < -0.4 is 19.5 Å². The summed E-state index contributed by atoms with van der Waals surface area (Å²) in [6.07, 6.45) is 1.64. The predicted octanol–water partition coefficient (Wildman–Crippen LogP) is 3.93. The van der Waals surface area contributed by atoms with Crippen molar-refractivity contribution in [2.45, 2.75) is 32.6 Å². The average Bonchev–Trinajstić information content (AvgIpc) is 3.56. The minimum atomic E-state index is 0.0510. The zero-order valence-electron chi connectivity index (χ0n) is 18.0. The molecule has 2 unspecified atom stereocenters. The highest BCUT2D eigenvalue weighted by Gasteiger charge is 2.43. The molecule has 1 amide bonds. The topological polar surface area (TPSA) is 66.0 Å². The molecule has 0 heterocycles. The Morgan fingerprint density at radius 2 is 1.73 bits per heavy atom. The first-order valence-corrected chi connectivity index (χ1v) is 10.5. The normalized spacial score (nSPS) is 17.3. The number of ether oxygens (including phenoxy) is 4. The van der Waals surface area contributed by atoms with Gasteiger partial charge in [-0.2, -0.15) is 0 Å². The number of hydrogen-bond donors (Lipinski definition) is 1. The summed E-state index contributed by atoms with van der Waals surface area (Å²) < 4.78 is 21.6. The van der Waals surface area contributed by atoms with E-state index >= 15 is 0 Å². The maximum atomic E-state index is 12.5. The van der Waals surface area contributed by atoms with Crippen LogP contribution in [0.25, 0.3) is 0 Å². The summed E-state index contributed by atoms with van der Waals surface area (Å²) in [5.74, 6) is 2.74. The lowest BCUT2D eigenvalue weighted by molar-refractivity contribution is -0.122. The highest BCUT2D eigenvalue weighted by Crippen LogP contribution is 2.47. The van der Waals surface area contributed by atoms with Gasteiger partial charge in [-0.1, -0.05) is 18.2 Å². The van der Waals surface area contributed by atoms with E-state index < -0.39 is 0 Å². The minimum absolute atomic E-state index is 0.0510. The lowest BCUT2D eigenvalue weighted by Crippen LogP contribution is -2.27. The minimum Gasteiger partial charge on any atom is -0.490 e. The van der Waals surface area contributed by atoms with E-state index in [9.17, 15) is 4.79 Å². The number of benzene rings is 2. The van der Waals surface area contributed by atoms with Crippen LogP contribution in [0.1, 0.15) is 37.3 Å². The Kier molecular flexibility index (Phi) is 7.97. The Morgan fingerprint density at radius 1 is 1.00 bits per heavy atom. The molecule has 3 rings (SSSR count). The number of amides is 1. The molecule has 1 aliphatic carbocycles. The van der Waals surface area contributed by atoms with Gasteiger partial charge in [0.1, 0.15) is 5.75 Å². The van der Waals surface area contributed by atoms with Gasteiger partial charge < -0.3 is 24.3 Å². The van der Waals surface area contributed by atoms with Crippen molar-refractivity contribution >= 4 is 5.91 Å². The number of nitrogens with one attached hydrogen (secondary N) is 1. The number of rotatable bonds is 12. The Morgan fingerprint density at radius 3 is 2.43 bits per heavy atom. The fraction of sp³-hybridized carbons (Fsp3) is 0.458. The van der Waals surface area contributed by atoms with Crippen LogP contribution in [0.2, 0.25) is 0 Å². The third kappa shape index (κ3) is 5.89. The van der Waals surface area contributed by atoms with Crippen molar-refractivity contribution in [3.05, 3.63) is 53.6 Å². The molecule has 2 aromatic carbocycles. The molecule has 30 heavy (non-hydrogen) atoms. The second kappa shape index (κ2) is 10.9. The van der Waals surface area contributed by atoms with Crippen LogP contribution in [-0.4, -0.2) is 39.6 Å². The molecule has 6 heteroatoms. The first-order valence-electron chi connectivity index (χ1n) is 10.5. The van der Waals surface area contributed by atoms with Crippen LogP contribution >= 0.6 is 0 Å². The third-order valence-electron chi connectivity index (χ3n) is 5.10. The zero-order valence-corrected chi connectivity index (χ0v) is 18.0. The van der Waals surface area contributed by atoms with E-state index in [0.29, 0.717) is 19.8 Å². The van der Waals surface area contributed by atoms with Crippen molar-refractivity contribution in [2.24, 2.45) is 5.92 Å². The zero-order chi connectivity index (χ0) is 21.3. The number of carbonyl (C=O) groups excluding carboxylic acids is 1. The van der Waals surface area contributed by atoms with Crippen LogP contribution in [0.5, 0.6) is 17.2 Å². The summed E-state index contributed by atoms with van der Waals surface area (Å²) in [5.41, 5.74) is 2.29. The lowest BCUT2D eigenvalue weighted by atomic mass is 10.1.